The number of esters is 1. The molecule has 0 saturated heterocycles. The highest BCUT2D eigenvalue weighted by Crippen LogP contribution is 2.13. The first-order valence-corrected chi connectivity index (χ1v) is 7.77. The molecule has 1 aromatic rings. The maximum atomic E-state index is 11.9. The van der Waals surface area contributed by atoms with Crippen LogP contribution in [-0.2, 0) is 21.3 Å². The van der Waals surface area contributed by atoms with E-state index in [1.807, 2.05) is 0 Å². The zero-order valence-electron chi connectivity index (χ0n) is 11.7. The van der Waals surface area contributed by atoms with Crippen LogP contribution in [0.1, 0.15) is 28.5 Å². The van der Waals surface area contributed by atoms with Crippen LogP contribution < -0.4 is 10.7 Å². The summed E-state index contributed by atoms with van der Waals surface area (Å²) in [5.41, 5.74) is 0.771. The lowest BCUT2D eigenvalue weighted by Gasteiger charge is -2.15. The number of carbonyl (C=O) groups is 1. The highest BCUT2D eigenvalue weighted by atomic mass is 32.2. The summed E-state index contributed by atoms with van der Waals surface area (Å²) in [6.07, 6.45) is 0. The molecule has 8 heteroatoms. The number of aromatic nitrogens is 1. The van der Waals surface area contributed by atoms with E-state index in [9.17, 15) is 18.0 Å². The number of rotatable bonds is 5. The molecule has 0 aliphatic heterocycles. The van der Waals surface area contributed by atoms with Gasteiger partial charge in [0.1, 0.15) is 0 Å². The standard InChI is InChI=1S/C12H18N2O5S/c1-4-19-12(16)11-8(2)7-10(15)14(9(11)3)5-6-20(13,17)18/h7H,4-6H2,1-3H3,(H2,13,17,18). The number of nitrogens with two attached hydrogens (primary N) is 1. The molecule has 0 aromatic carbocycles. The predicted octanol–water partition coefficient (Wildman–Crippen LogP) is -0.0697. The van der Waals surface area contributed by atoms with E-state index < -0.39 is 16.0 Å². The quantitative estimate of drug-likeness (QED) is 0.766. The third-order valence-electron chi connectivity index (χ3n) is 2.85. The van der Waals surface area contributed by atoms with Gasteiger partial charge in [-0.3, -0.25) is 4.79 Å². The van der Waals surface area contributed by atoms with Crippen molar-refractivity contribution in [3.05, 3.63) is 33.2 Å². The molecular weight excluding hydrogens is 284 g/mol. The lowest BCUT2D eigenvalue weighted by molar-refractivity contribution is 0.0523. The van der Waals surface area contributed by atoms with E-state index in [0.29, 0.717) is 11.3 Å². The number of hydrogen-bond donors (Lipinski definition) is 1. The lowest BCUT2D eigenvalue weighted by atomic mass is 10.1. The molecule has 0 spiro atoms. The number of ether oxygens (including phenoxy) is 1. The Balaban J connectivity index is 3.29. The van der Waals surface area contributed by atoms with Gasteiger partial charge in [0, 0.05) is 18.3 Å². The molecule has 0 bridgehead atoms. The Morgan fingerprint density at radius 2 is 2.00 bits per heavy atom. The van der Waals surface area contributed by atoms with Gasteiger partial charge in [0.05, 0.1) is 17.9 Å². The minimum atomic E-state index is -3.69. The zero-order valence-corrected chi connectivity index (χ0v) is 12.5. The number of pyridine rings is 1. The van der Waals surface area contributed by atoms with E-state index in [4.69, 9.17) is 9.88 Å². The van der Waals surface area contributed by atoms with Crippen molar-refractivity contribution >= 4 is 16.0 Å². The monoisotopic (exact) mass is 302 g/mol. The van der Waals surface area contributed by atoms with Crippen molar-refractivity contribution in [3.8, 4) is 0 Å². The summed E-state index contributed by atoms with van der Waals surface area (Å²) in [5.74, 6) is -0.911. The summed E-state index contributed by atoms with van der Waals surface area (Å²) in [6.45, 7) is 5.00. The Labute approximate surface area is 117 Å². The van der Waals surface area contributed by atoms with Gasteiger partial charge in [-0.05, 0) is 26.3 Å². The van der Waals surface area contributed by atoms with Crippen molar-refractivity contribution in [3.63, 3.8) is 0 Å². The fourth-order valence-electron chi connectivity index (χ4n) is 1.93. The summed E-state index contributed by atoms with van der Waals surface area (Å²) < 4.78 is 28.1. The van der Waals surface area contributed by atoms with Gasteiger partial charge in [0.15, 0.2) is 0 Å². The van der Waals surface area contributed by atoms with E-state index in [2.05, 4.69) is 0 Å². The van der Waals surface area contributed by atoms with Crippen LogP contribution in [0, 0.1) is 13.8 Å². The molecule has 112 valence electrons. The molecule has 0 aliphatic rings. The van der Waals surface area contributed by atoms with Gasteiger partial charge >= 0.3 is 5.97 Å². The topological polar surface area (TPSA) is 108 Å². The summed E-state index contributed by atoms with van der Waals surface area (Å²) >= 11 is 0. The third kappa shape index (κ3) is 3.91. The highest BCUT2D eigenvalue weighted by molar-refractivity contribution is 7.89. The van der Waals surface area contributed by atoms with Gasteiger partial charge in [-0.1, -0.05) is 0 Å². The Morgan fingerprint density at radius 1 is 1.40 bits per heavy atom. The molecule has 0 fully saturated rings. The fourth-order valence-corrected chi connectivity index (χ4v) is 2.37. The van der Waals surface area contributed by atoms with Crippen LogP contribution in [0.3, 0.4) is 0 Å². The molecule has 0 aliphatic carbocycles. The van der Waals surface area contributed by atoms with Crippen LogP contribution in [0.2, 0.25) is 0 Å². The molecule has 1 rings (SSSR count). The maximum Gasteiger partial charge on any atom is 0.340 e. The largest absolute Gasteiger partial charge is 0.462 e. The van der Waals surface area contributed by atoms with Gasteiger partial charge in [-0.2, -0.15) is 0 Å². The van der Waals surface area contributed by atoms with E-state index in [-0.39, 0.29) is 30.0 Å². The third-order valence-corrected chi connectivity index (χ3v) is 3.60. The first kappa shape index (κ1) is 16.4. The second kappa shape index (κ2) is 6.19. The smallest absolute Gasteiger partial charge is 0.340 e. The van der Waals surface area contributed by atoms with Gasteiger partial charge < -0.3 is 9.30 Å². The van der Waals surface area contributed by atoms with Crippen molar-refractivity contribution in [2.24, 2.45) is 5.14 Å². The molecule has 0 amide bonds. The molecule has 0 radical (unpaired) electrons. The molecule has 1 heterocycles. The first-order valence-electron chi connectivity index (χ1n) is 6.06. The molecule has 20 heavy (non-hydrogen) atoms. The van der Waals surface area contributed by atoms with Crippen molar-refractivity contribution < 1.29 is 17.9 Å². The Bertz CT molecular complexity index is 676. The zero-order chi connectivity index (χ0) is 15.5. The van der Waals surface area contributed by atoms with Crippen LogP contribution in [0.4, 0.5) is 0 Å². The number of carbonyl (C=O) groups excluding carboxylic acids is 1. The number of nitrogens with zero attached hydrogens (tertiary/aromatic N) is 1. The van der Waals surface area contributed by atoms with E-state index in [1.165, 1.54) is 10.6 Å². The number of aryl methyl sites for hydroxylation is 1. The van der Waals surface area contributed by atoms with E-state index in [1.54, 1.807) is 20.8 Å². The Morgan fingerprint density at radius 3 is 2.50 bits per heavy atom. The summed E-state index contributed by atoms with van der Waals surface area (Å²) in [5, 5.41) is 4.92. The van der Waals surface area contributed by atoms with Gasteiger partial charge in [0.25, 0.3) is 5.56 Å². The van der Waals surface area contributed by atoms with Crippen molar-refractivity contribution in [1.82, 2.24) is 4.57 Å². The number of sulfonamides is 1. The summed E-state index contributed by atoms with van der Waals surface area (Å²) in [4.78, 5) is 23.8. The average Bonchev–Trinajstić information content (AvgIpc) is 2.26. The van der Waals surface area contributed by atoms with Crippen LogP contribution in [0.25, 0.3) is 0 Å². The fraction of sp³-hybridized carbons (Fsp3) is 0.500. The van der Waals surface area contributed by atoms with E-state index >= 15 is 0 Å². The van der Waals surface area contributed by atoms with Crippen molar-refractivity contribution in [2.45, 2.75) is 27.3 Å². The van der Waals surface area contributed by atoms with Crippen LogP contribution in [0.5, 0.6) is 0 Å². The normalized spacial score (nSPS) is 11.4. The minimum Gasteiger partial charge on any atom is -0.462 e. The molecule has 2 N–H and O–H groups in total. The lowest BCUT2D eigenvalue weighted by Crippen LogP contribution is -2.30. The van der Waals surface area contributed by atoms with Crippen molar-refractivity contribution in [1.29, 1.82) is 0 Å². The van der Waals surface area contributed by atoms with Crippen LogP contribution in [-0.4, -0.2) is 31.3 Å². The Hall–Kier alpha value is -1.67. The van der Waals surface area contributed by atoms with Crippen molar-refractivity contribution in [2.75, 3.05) is 12.4 Å². The Kier molecular flexibility index (Phi) is 5.07. The summed E-state index contributed by atoms with van der Waals surface area (Å²) in [6, 6.07) is 1.28. The van der Waals surface area contributed by atoms with Gasteiger partial charge in [0.2, 0.25) is 10.0 Å². The average molecular weight is 302 g/mol. The molecule has 1 aromatic heterocycles. The summed E-state index contributed by atoms with van der Waals surface area (Å²) in [7, 11) is -3.69. The van der Waals surface area contributed by atoms with Crippen LogP contribution in [0.15, 0.2) is 10.9 Å². The van der Waals surface area contributed by atoms with Crippen LogP contribution >= 0.6 is 0 Å². The first-order chi connectivity index (χ1) is 9.17. The van der Waals surface area contributed by atoms with Gasteiger partial charge in [-0.15, -0.1) is 0 Å². The van der Waals surface area contributed by atoms with Gasteiger partial charge in [-0.25, -0.2) is 18.4 Å². The second-order valence-corrected chi connectivity index (χ2v) is 6.10. The van der Waals surface area contributed by atoms with E-state index in [0.717, 1.165) is 0 Å². The number of primary sulfonamides is 1. The molecular formula is C12H18N2O5S. The molecule has 7 nitrogen and oxygen atoms in total. The SMILES string of the molecule is CCOC(=O)c1c(C)cc(=O)n(CCS(N)(=O)=O)c1C. The molecule has 0 saturated carbocycles. The number of hydrogen-bond acceptors (Lipinski definition) is 5. The minimum absolute atomic E-state index is 0.101. The predicted molar refractivity (Wildman–Crippen MR) is 74.1 cm³/mol. The second-order valence-electron chi connectivity index (χ2n) is 4.37. The molecule has 0 unspecified atom stereocenters. The molecule has 0 atom stereocenters. The highest BCUT2D eigenvalue weighted by Gasteiger charge is 2.18. The maximum absolute atomic E-state index is 11.9.